The van der Waals surface area contributed by atoms with Gasteiger partial charge < -0.3 is 10.1 Å². The second kappa shape index (κ2) is 13.1. The Labute approximate surface area is 260 Å². The summed E-state index contributed by atoms with van der Waals surface area (Å²) in [5.74, 6) is 0.446. The Morgan fingerprint density at radius 1 is 0.644 bits per heavy atom. The van der Waals surface area contributed by atoms with Gasteiger partial charge in [0.1, 0.15) is 11.5 Å². The minimum Gasteiger partial charge on any atom is -0.457 e. The lowest BCUT2D eigenvalue weighted by Gasteiger charge is -2.14. The largest absolute Gasteiger partial charge is 0.457 e. The van der Waals surface area contributed by atoms with Crippen molar-refractivity contribution < 1.29 is 23.9 Å². The monoisotopic (exact) mass is 592 g/mol. The molecular weight excluding hydrogens is 564 g/mol. The number of imide groups is 1. The topological polar surface area (TPSA) is 92.8 Å². The van der Waals surface area contributed by atoms with Crippen LogP contribution in [0.25, 0.3) is 6.08 Å². The number of amides is 3. The summed E-state index contributed by atoms with van der Waals surface area (Å²) in [7, 11) is 0. The van der Waals surface area contributed by atoms with Gasteiger partial charge in [0.25, 0.3) is 17.7 Å². The lowest BCUT2D eigenvalue weighted by molar-refractivity contribution is 0.0655. The van der Waals surface area contributed by atoms with Crippen molar-refractivity contribution in [3.63, 3.8) is 0 Å². The number of rotatable bonds is 10. The van der Waals surface area contributed by atoms with Crippen molar-refractivity contribution in [2.75, 3.05) is 11.9 Å². The summed E-state index contributed by atoms with van der Waals surface area (Å²) in [6.45, 7) is 0.258. The zero-order valence-electron chi connectivity index (χ0n) is 24.2. The molecule has 0 aromatic heterocycles. The van der Waals surface area contributed by atoms with E-state index in [0.29, 0.717) is 40.1 Å². The summed E-state index contributed by atoms with van der Waals surface area (Å²) in [5, 5.41) is 2.85. The molecule has 0 unspecified atom stereocenters. The third-order valence-electron chi connectivity index (χ3n) is 7.43. The molecule has 1 aliphatic heterocycles. The maximum Gasteiger partial charge on any atom is 0.261 e. The van der Waals surface area contributed by atoms with Crippen LogP contribution in [-0.2, 0) is 6.42 Å². The van der Waals surface area contributed by atoms with Crippen molar-refractivity contribution >= 4 is 35.3 Å². The molecule has 6 rings (SSSR count). The Hall–Kier alpha value is -6.08. The molecule has 5 aromatic rings. The van der Waals surface area contributed by atoms with Gasteiger partial charge in [0.05, 0.1) is 11.1 Å². The van der Waals surface area contributed by atoms with Gasteiger partial charge in [-0.3, -0.25) is 24.1 Å². The van der Waals surface area contributed by atoms with Gasteiger partial charge in [0, 0.05) is 23.4 Å². The first-order chi connectivity index (χ1) is 21.9. The first-order valence-electron chi connectivity index (χ1n) is 14.5. The average molecular weight is 593 g/mol. The molecule has 0 saturated carbocycles. The minimum absolute atomic E-state index is 0.158. The van der Waals surface area contributed by atoms with Crippen LogP contribution in [0.2, 0.25) is 0 Å². The van der Waals surface area contributed by atoms with Crippen molar-refractivity contribution in [2.45, 2.75) is 6.42 Å². The van der Waals surface area contributed by atoms with E-state index >= 15 is 0 Å². The molecule has 3 amide bonds. The average Bonchev–Trinajstić information content (AvgIpc) is 3.32. The Bertz CT molecular complexity index is 1860. The van der Waals surface area contributed by atoms with E-state index in [1.165, 1.54) is 11.0 Å². The minimum atomic E-state index is -0.291. The van der Waals surface area contributed by atoms with Crippen LogP contribution < -0.4 is 10.1 Å². The maximum atomic E-state index is 12.8. The standard InChI is InChI=1S/C38H28N2O5/c41-35(23-14-26-12-21-32(22-13-26)45-31-6-2-1-3-7-31)28-17-19-30(20-18-28)39-36(42)29-15-10-27(11-16-29)24-25-40-37(43)33-8-4-5-9-34(33)38(40)44/h1-23H,24-25H2,(H,39,42)/b23-14+. The van der Waals surface area contributed by atoms with E-state index in [4.69, 9.17) is 4.74 Å². The summed E-state index contributed by atoms with van der Waals surface area (Å²) < 4.78 is 5.80. The van der Waals surface area contributed by atoms with Gasteiger partial charge in [-0.1, -0.05) is 60.7 Å². The number of benzene rings is 5. The molecule has 7 nitrogen and oxygen atoms in total. The van der Waals surface area contributed by atoms with Gasteiger partial charge in [0.15, 0.2) is 5.78 Å². The highest BCUT2D eigenvalue weighted by Crippen LogP contribution is 2.24. The molecule has 0 atom stereocenters. The maximum absolute atomic E-state index is 12.8. The third kappa shape index (κ3) is 6.78. The second-order valence-corrected chi connectivity index (χ2v) is 10.5. The summed E-state index contributed by atoms with van der Waals surface area (Å²) in [5.41, 5.74) is 4.14. The smallest absolute Gasteiger partial charge is 0.261 e. The number of fused-ring (bicyclic) bond motifs is 1. The van der Waals surface area contributed by atoms with Crippen molar-refractivity contribution in [1.82, 2.24) is 4.90 Å². The van der Waals surface area contributed by atoms with Crippen LogP contribution in [0.5, 0.6) is 11.5 Å². The van der Waals surface area contributed by atoms with Crippen molar-refractivity contribution in [2.24, 2.45) is 0 Å². The molecule has 0 spiro atoms. The molecule has 1 heterocycles. The van der Waals surface area contributed by atoms with Crippen LogP contribution in [-0.4, -0.2) is 34.9 Å². The van der Waals surface area contributed by atoms with Crippen LogP contribution in [0.4, 0.5) is 5.69 Å². The molecule has 1 N–H and O–H groups in total. The Kier molecular flexibility index (Phi) is 8.42. The van der Waals surface area contributed by atoms with Gasteiger partial charge >= 0.3 is 0 Å². The SMILES string of the molecule is O=C(/C=C/c1ccc(Oc2ccccc2)cc1)c1ccc(NC(=O)c2ccc(CCN3C(=O)c4ccccc4C3=O)cc2)cc1. The highest BCUT2D eigenvalue weighted by molar-refractivity contribution is 6.21. The van der Waals surface area contributed by atoms with E-state index in [-0.39, 0.29) is 30.0 Å². The fourth-order valence-electron chi connectivity index (χ4n) is 4.97. The fraction of sp³-hybridized carbons (Fsp3) is 0.0526. The molecule has 0 aliphatic carbocycles. The van der Waals surface area contributed by atoms with E-state index in [0.717, 1.165) is 16.9 Å². The Balaban J connectivity index is 0.991. The number of nitrogens with zero attached hydrogens (tertiary/aromatic N) is 1. The lowest BCUT2D eigenvalue weighted by Crippen LogP contribution is -2.31. The van der Waals surface area contributed by atoms with E-state index in [1.54, 1.807) is 66.7 Å². The number of anilines is 1. The third-order valence-corrected chi connectivity index (χ3v) is 7.43. The van der Waals surface area contributed by atoms with Crippen LogP contribution in [0.15, 0.2) is 133 Å². The van der Waals surface area contributed by atoms with Crippen LogP contribution in [0.3, 0.4) is 0 Å². The van der Waals surface area contributed by atoms with E-state index in [9.17, 15) is 19.2 Å². The van der Waals surface area contributed by atoms with E-state index in [2.05, 4.69) is 5.32 Å². The van der Waals surface area contributed by atoms with Gasteiger partial charge in [-0.15, -0.1) is 0 Å². The van der Waals surface area contributed by atoms with E-state index < -0.39 is 0 Å². The summed E-state index contributed by atoms with van der Waals surface area (Å²) in [4.78, 5) is 51.9. The number of ether oxygens (including phenoxy) is 1. The summed E-state index contributed by atoms with van der Waals surface area (Å²) >= 11 is 0. The zero-order valence-corrected chi connectivity index (χ0v) is 24.2. The molecular formula is C38H28N2O5. The first kappa shape index (κ1) is 29.0. The molecule has 5 aromatic carbocycles. The molecule has 1 aliphatic rings. The van der Waals surface area contributed by atoms with Crippen LogP contribution in [0.1, 0.15) is 52.6 Å². The molecule has 0 saturated heterocycles. The number of hydrogen-bond donors (Lipinski definition) is 1. The van der Waals surface area contributed by atoms with Gasteiger partial charge in [-0.2, -0.15) is 0 Å². The van der Waals surface area contributed by atoms with Crippen LogP contribution >= 0.6 is 0 Å². The number of allylic oxidation sites excluding steroid dienone is 1. The van der Waals surface area contributed by atoms with Gasteiger partial charge in [-0.05, 0) is 96.4 Å². The molecule has 0 radical (unpaired) electrons. The summed E-state index contributed by atoms with van der Waals surface area (Å²) in [6, 6.07) is 37.5. The van der Waals surface area contributed by atoms with Crippen molar-refractivity contribution in [1.29, 1.82) is 0 Å². The molecule has 7 heteroatoms. The van der Waals surface area contributed by atoms with Gasteiger partial charge in [-0.25, -0.2) is 0 Å². The molecule has 0 fully saturated rings. The predicted molar refractivity (Wildman–Crippen MR) is 173 cm³/mol. The number of nitrogens with one attached hydrogen (secondary N) is 1. The predicted octanol–water partition coefficient (Wildman–Crippen LogP) is 7.47. The van der Waals surface area contributed by atoms with Gasteiger partial charge in [0.2, 0.25) is 0 Å². The number of carbonyl (C=O) groups excluding carboxylic acids is 4. The number of para-hydroxylation sites is 1. The highest BCUT2D eigenvalue weighted by Gasteiger charge is 2.34. The van der Waals surface area contributed by atoms with Crippen molar-refractivity contribution in [3.8, 4) is 11.5 Å². The summed E-state index contributed by atoms with van der Waals surface area (Å²) in [6.07, 6.45) is 3.73. The second-order valence-electron chi connectivity index (χ2n) is 10.5. The quantitative estimate of drug-likeness (QED) is 0.103. The number of carbonyl (C=O) groups is 4. The molecule has 45 heavy (non-hydrogen) atoms. The normalized spacial score (nSPS) is 12.3. The number of ketones is 1. The molecule has 0 bridgehead atoms. The van der Waals surface area contributed by atoms with Crippen molar-refractivity contribution in [3.05, 3.63) is 167 Å². The lowest BCUT2D eigenvalue weighted by atomic mass is 10.1. The first-order valence-corrected chi connectivity index (χ1v) is 14.5. The Morgan fingerprint density at radius 3 is 1.87 bits per heavy atom. The Morgan fingerprint density at radius 2 is 1.22 bits per heavy atom. The zero-order chi connectivity index (χ0) is 31.2. The van der Waals surface area contributed by atoms with Crippen LogP contribution in [0, 0.1) is 0 Å². The molecule has 220 valence electrons. The number of hydrogen-bond acceptors (Lipinski definition) is 5. The van der Waals surface area contributed by atoms with E-state index in [1.807, 2.05) is 66.7 Å². The fourth-order valence-corrected chi connectivity index (χ4v) is 4.97. The highest BCUT2D eigenvalue weighted by atomic mass is 16.5.